The van der Waals surface area contributed by atoms with E-state index in [1.165, 1.54) is 36.3 Å². The molecule has 2 aliphatic heterocycles. The van der Waals surface area contributed by atoms with Crippen LogP contribution in [0.2, 0.25) is 0 Å². The van der Waals surface area contributed by atoms with Gasteiger partial charge in [-0.1, -0.05) is 17.7 Å². The molecule has 0 bridgehead atoms. The molecule has 1 atom stereocenters. The van der Waals surface area contributed by atoms with Gasteiger partial charge in [0.25, 0.3) is 11.8 Å². The summed E-state index contributed by atoms with van der Waals surface area (Å²) in [5.41, 5.74) is 0.916. The lowest BCUT2D eigenvalue weighted by molar-refractivity contribution is -0.128. The lowest BCUT2D eigenvalue weighted by Gasteiger charge is -2.44. The standard InChI is InChI=1S/C26H30FN3O5/c1-18-3-5-19(6-4-18)24(32)29-14-11-26(12-15-29)30(25(33)20-7-9-21(27)10-8-20)22(17-35-26)23(31)28-13-16-34-2/h3-10,22H,11-17H2,1-2H3,(H,28,31)/t22-/m1/s1. The summed E-state index contributed by atoms with van der Waals surface area (Å²) in [5, 5.41) is 2.78. The van der Waals surface area contributed by atoms with Crippen LogP contribution in [0.5, 0.6) is 0 Å². The normalized spacial score (nSPS) is 19.1. The molecule has 0 radical (unpaired) electrons. The molecular weight excluding hydrogens is 453 g/mol. The van der Waals surface area contributed by atoms with E-state index in [9.17, 15) is 18.8 Å². The summed E-state index contributed by atoms with van der Waals surface area (Å²) >= 11 is 0. The van der Waals surface area contributed by atoms with E-state index in [0.29, 0.717) is 44.6 Å². The van der Waals surface area contributed by atoms with Crippen LogP contribution in [0.1, 0.15) is 39.1 Å². The fourth-order valence-corrected chi connectivity index (χ4v) is 4.63. The molecule has 3 amide bonds. The Morgan fingerprint density at radius 2 is 1.63 bits per heavy atom. The molecule has 35 heavy (non-hydrogen) atoms. The summed E-state index contributed by atoms with van der Waals surface area (Å²) in [5.74, 6) is -1.28. The molecule has 9 heteroatoms. The number of methoxy groups -OCH3 is 1. The fourth-order valence-electron chi connectivity index (χ4n) is 4.63. The van der Waals surface area contributed by atoms with Crippen LogP contribution in [0.25, 0.3) is 0 Å². The number of halogens is 1. The van der Waals surface area contributed by atoms with Gasteiger partial charge in [0.15, 0.2) is 0 Å². The maximum atomic E-state index is 13.6. The molecule has 0 aromatic heterocycles. The van der Waals surface area contributed by atoms with Gasteiger partial charge in [-0.05, 0) is 43.3 Å². The molecule has 0 saturated carbocycles. The maximum absolute atomic E-state index is 13.6. The minimum absolute atomic E-state index is 0.0393. The van der Waals surface area contributed by atoms with Gasteiger partial charge in [0.2, 0.25) is 5.91 Å². The average Bonchev–Trinajstić information content (AvgIpc) is 3.23. The number of benzene rings is 2. The monoisotopic (exact) mass is 483 g/mol. The molecule has 2 aliphatic rings. The third-order valence-corrected chi connectivity index (χ3v) is 6.61. The third-order valence-electron chi connectivity index (χ3n) is 6.61. The van der Waals surface area contributed by atoms with Crippen LogP contribution in [-0.4, -0.2) is 79.2 Å². The van der Waals surface area contributed by atoms with Crippen LogP contribution in [0.15, 0.2) is 48.5 Å². The van der Waals surface area contributed by atoms with Gasteiger partial charge in [-0.25, -0.2) is 4.39 Å². The van der Waals surface area contributed by atoms with E-state index in [0.717, 1.165) is 5.56 Å². The van der Waals surface area contributed by atoms with Crippen molar-refractivity contribution in [2.45, 2.75) is 31.5 Å². The first kappa shape index (κ1) is 24.8. The number of aryl methyl sites for hydroxylation is 1. The summed E-state index contributed by atoms with van der Waals surface area (Å²) in [6.45, 7) is 3.39. The molecule has 0 aliphatic carbocycles. The summed E-state index contributed by atoms with van der Waals surface area (Å²) in [6, 6.07) is 11.8. The average molecular weight is 484 g/mol. The van der Waals surface area contributed by atoms with Crippen molar-refractivity contribution >= 4 is 17.7 Å². The van der Waals surface area contributed by atoms with Gasteiger partial charge in [0.05, 0.1) is 13.2 Å². The molecule has 2 aromatic carbocycles. The highest BCUT2D eigenvalue weighted by Crippen LogP contribution is 2.38. The van der Waals surface area contributed by atoms with E-state index in [1.54, 1.807) is 17.0 Å². The Labute approximate surface area is 204 Å². The van der Waals surface area contributed by atoms with Crippen LogP contribution in [0.3, 0.4) is 0 Å². The van der Waals surface area contributed by atoms with Gasteiger partial charge in [-0.2, -0.15) is 0 Å². The van der Waals surface area contributed by atoms with Gasteiger partial charge < -0.3 is 19.7 Å². The molecule has 4 rings (SSSR count). The van der Waals surface area contributed by atoms with Crippen molar-refractivity contribution in [3.05, 3.63) is 71.0 Å². The fraction of sp³-hybridized carbons (Fsp3) is 0.423. The van der Waals surface area contributed by atoms with Crippen molar-refractivity contribution in [1.29, 1.82) is 0 Å². The van der Waals surface area contributed by atoms with Gasteiger partial charge in [0.1, 0.15) is 17.6 Å². The Kier molecular flexibility index (Phi) is 7.47. The van der Waals surface area contributed by atoms with Gasteiger partial charge in [-0.3, -0.25) is 19.3 Å². The Morgan fingerprint density at radius 3 is 2.26 bits per heavy atom. The SMILES string of the molecule is COCCNC(=O)[C@H]1COC2(CCN(C(=O)c3ccc(C)cc3)CC2)N1C(=O)c1ccc(F)cc1. The van der Waals surface area contributed by atoms with Crippen LogP contribution in [-0.2, 0) is 14.3 Å². The first-order chi connectivity index (χ1) is 16.8. The third kappa shape index (κ3) is 5.21. The molecule has 2 fully saturated rings. The smallest absolute Gasteiger partial charge is 0.256 e. The van der Waals surface area contributed by atoms with Crippen LogP contribution in [0.4, 0.5) is 4.39 Å². The zero-order valence-electron chi connectivity index (χ0n) is 20.0. The number of hydrogen-bond acceptors (Lipinski definition) is 5. The van der Waals surface area contributed by atoms with Crippen molar-refractivity contribution in [2.75, 3.05) is 40.0 Å². The van der Waals surface area contributed by atoms with Crippen molar-refractivity contribution in [3.63, 3.8) is 0 Å². The molecule has 2 saturated heterocycles. The first-order valence-electron chi connectivity index (χ1n) is 11.7. The van der Waals surface area contributed by atoms with Crippen molar-refractivity contribution in [2.24, 2.45) is 0 Å². The van der Waals surface area contributed by atoms with E-state index in [2.05, 4.69) is 5.32 Å². The topological polar surface area (TPSA) is 88.2 Å². The number of carbonyl (C=O) groups excluding carboxylic acids is 3. The predicted molar refractivity (Wildman–Crippen MR) is 126 cm³/mol. The number of rotatable bonds is 6. The highest BCUT2D eigenvalue weighted by atomic mass is 19.1. The minimum Gasteiger partial charge on any atom is -0.383 e. The molecule has 186 valence electrons. The van der Waals surface area contributed by atoms with Gasteiger partial charge in [0, 0.05) is 50.7 Å². The number of carbonyl (C=O) groups is 3. The Hall–Kier alpha value is -3.30. The lowest BCUT2D eigenvalue weighted by Crippen LogP contribution is -2.60. The Bertz CT molecular complexity index is 1070. The predicted octanol–water partition coefficient (Wildman–Crippen LogP) is 2.37. The first-order valence-corrected chi connectivity index (χ1v) is 11.7. The Balaban J connectivity index is 1.54. The zero-order valence-corrected chi connectivity index (χ0v) is 20.0. The second-order valence-electron chi connectivity index (χ2n) is 8.90. The highest BCUT2D eigenvalue weighted by Gasteiger charge is 2.54. The maximum Gasteiger partial charge on any atom is 0.256 e. The summed E-state index contributed by atoms with van der Waals surface area (Å²) in [7, 11) is 1.54. The van der Waals surface area contributed by atoms with Crippen molar-refractivity contribution < 1.29 is 28.2 Å². The quantitative estimate of drug-likeness (QED) is 0.638. The zero-order chi connectivity index (χ0) is 25.0. The Morgan fingerprint density at radius 1 is 1.03 bits per heavy atom. The van der Waals surface area contributed by atoms with Gasteiger partial charge >= 0.3 is 0 Å². The number of likely N-dealkylation sites (tertiary alicyclic amines) is 1. The highest BCUT2D eigenvalue weighted by molar-refractivity contribution is 5.98. The van der Waals surface area contributed by atoms with E-state index in [-0.39, 0.29) is 24.0 Å². The lowest BCUT2D eigenvalue weighted by atomic mass is 9.96. The molecule has 1 spiro atoms. The molecule has 0 unspecified atom stereocenters. The van der Waals surface area contributed by atoms with Crippen LogP contribution >= 0.6 is 0 Å². The number of amides is 3. The van der Waals surface area contributed by atoms with E-state index in [1.807, 2.05) is 19.1 Å². The molecular formula is C26H30FN3O5. The number of ether oxygens (including phenoxy) is 2. The minimum atomic E-state index is -1.03. The largest absolute Gasteiger partial charge is 0.383 e. The summed E-state index contributed by atoms with van der Waals surface area (Å²) in [6.07, 6.45) is 0.721. The van der Waals surface area contributed by atoms with E-state index in [4.69, 9.17) is 9.47 Å². The molecule has 1 N–H and O–H groups in total. The van der Waals surface area contributed by atoms with Crippen LogP contribution < -0.4 is 5.32 Å². The molecule has 2 heterocycles. The van der Waals surface area contributed by atoms with Gasteiger partial charge in [-0.15, -0.1) is 0 Å². The van der Waals surface area contributed by atoms with E-state index >= 15 is 0 Å². The summed E-state index contributed by atoms with van der Waals surface area (Å²) in [4.78, 5) is 42.8. The summed E-state index contributed by atoms with van der Waals surface area (Å²) < 4.78 is 24.6. The number of nitrogens with one attached hydrogen (secondary N) is 1. The second-order valence-corrected chi connectivity index (χ2v) is 8.90. The van der Waals surface area contributed by atoms with Crippen molar-refractivity contribution in [3.8, 4) is 0 Å². The van der Waals surface area contributed by atoms with Crippen molar-refractivity contribution in [1.82, 2.24) is 15.1 Å². The second kappa shape index (κ2) is 10.5. The number of hydrogen-bond donors (Lipinski definition) is 1. The van der Waals surface area contributed by atoms with E-state index < -0.39 is 23.5 Å². The number of piperidine rings is 1. The molecule has 8 nitrogen and oxygen atoms in total. The number of nitrogens with zero attached hydrogens (tertiary/aromatic N) is 2. The molecule has 2 aromatic rings. The van der Waals surface area contributed by atoms with Crippen LogP contribution in [0, 0.1) is 12.7 Å².